The van der Waals surface area contributed by atoms with Crippen LogP contribution in [0.5, 0.6) is 5.88 Å². The number of nitrogens with zero attached hydrogens (tertiary/aromatic N) is 1. The lowest BCUT2D eigenvalue weighted by atomic mass is 9.88. The van der Waals surface area contributed by atoms with E-state index in [2.05, 4.69) is 43.2 Å². The van der Waals surface area contributed by atoms with Gasteiger partial charge in [0.1, 0.15) is 6.10 Å². The molecule has 1 saturated carbocycles. The highest BCUT2D eigenvalue weighted by molar-refractivity contribution is 5.24. The van der Waals surface area contributed by atoms with Crippen molar-refractivity contribution in [1.82, 2.24) is 10.3 Å². The van der Waals surface area contributed by atoms with Crippen molar-refractivity contribution in [2.45, 2.75) is 66.0 Å². The summed E-state index contributed by atoms with van der Waals surface area (Å²) in [6.45, 7) is 10.7. The average Bonchev–Trinajstić information content (AvgIpc) is 2.40. The second-order valence-electron chi connectivity index (χ2n) is 6.90. The Morgan fingerprint density at radius 2 is 2.05 bits per heavy atom. The monoisotopic (exact) mass is 290 g/mol. The molecule has 3 nitrogen and oxygen atoms in total. The first-order valence-electron chi connectivity index (χ1n) is 8.39. The summed E-state index contributed by atoms with van der Waals surface area (Å²) in [7, 11) is 0. The van der Waals surface area contributed by atoms with Crippen molar-refractivity contribution in [3.63, 3.8) is 0 Å². The Bertz CT molecular complexity index is 445. The summed E-state index contributed by atoms with van der Waals surface area (Å²) in [4.78, 5) is 4.56. The minimum Gasteiger partial charge on any atom is -0.474 e. The number of ether oxygens (including phenoxy) is 1. The minimum atomic E-state index is 0.338. The first kappa shape index (κ1) is 16.3. The number of aryl methyl sites for hydroxylation is 1. The number of nitrogens with one attached hydrogen (secondary N) is 1. The molecular weight excluding hydrogens is 260 g/mol. The van der Waals surface area contributed by atoms with Crippen molar-refractivity contribution in [3.8, 4) is 5.88 Å². The van der Waals surface area contributed by atoms with E-state index < -0.39 is 0 Å². The highest BCUT2D eigenvalue weighted by Crippen LogP contribution is 2.27. The van der Waals surface area contributed by atoms with Crippen molar-refractivity contribution in [2.75, 3.05) is 6.54 Å². The van der Waals surface area contributed by atoms with Crippen molar-refractivity contribution in [1.29, 1.82) is 0 Å². The lowest BCUT2D eigenvalue weighted by molar-refractivity contribution is 0.0973. The van der Waals surface area contributed by atoms with E-state index in [-0.39, 0.29) is 0 Å². The third-order valence-corrected chi connectivity index (χ3v) is 4.18. The predicted molar refractivity (Wildman–Crippen MR) is 87.6 cm³/mol. The molecule has 1 aliphatic rings. The van der Waals surface area contributed by atoms with Crippen molar-refractivity contribution in [3.05, 3.63) is 23.4 Å². The van der Waals surface area contributed by atoms with E-state index in [0.29, 0.717) is 17.9 Å². The number of hydrogen-bond donors (Lipinski definition) is 1. The van der Waals surface area contributed by atoms with E-state index in [1.807, 2.05) is 6.92 Å². The summed E-state index contributed by atoms with van der Waals surface area (Å²) in [6.07, 6.45) is 5.40. The maximum Gasteiger partial charge on any atom is 0.214 e. The average molecular weight is 290 g/mol. The maximum atomic E-state index is 6.18. The van der Waals surface area contributed by atoms with Gasteiger partial charge in [-0.2, -0.15) is 0 Å². The third-order valence-electron chi connectivity index (χ3n) is 4.18. The lowest BCUT2D eigenvalue weighted by Crippen LogP contribution is -2.28. The fraction of sp³-hybridized carbons (Fsp3) is 0.722. The van der Waals surface area contributed by atoms with E-state index in [9.17, 15) is 0 Å². The van der Waals surface area contributed by atoms with Crippen LogP contribution in [0, 0.1) is 18.8 Å². The lowest BCUT2D eigenvalue weighted by Gasteiger charge is -2.29. The summed E-state index contributed by atoms with van der Waals surface area (Å²) in [6, 6.07) is 4.24. The molecule has 2 rings (SSSR count). The highest BCUT2D eigenvalue weighted by atomic mass is 16.5. The van der Waals surface area contributed by atoms with Gasteiger partial charge < -0.3 is 10.1 Å². The molecule has 118 valence electrons. The molecule has 0 amide bonds. The number of rotatable bonds is 6. The smallest absolute Gasteiger partial charge is 0.214 e. The molecule has 0 spiro atoms. The number of pyridine rings is 1. The zero-order valence-corrected chi connectivity index (χ0v) is 14.0. The van der Waals surface area contributed by atoms with Gasteiger partial charge in [-0.3, -0.25) is 0 Å². The zero-order valence-electron chi connectivity index (χ0n) is 14.0. The molecule has 1 heterocycles. The number of aromatic nitrogens is 1. The molecule has 0 bridgehead atoms. The molecule has 1 fully saturated rings. The SMILES string of the molecule is Cc1cc(CNCC(C)C)cc(OC2CCCCC2C)n1. The van der Waals surface area contributed by atoms with Gasteiger partial charge in [0.2, 0.25) is 5.88 Å². The predicted octanol–water partition coefficient (Wildman–Crippen LogP) is 4.09. The highest BCUT2D eigenvalue weighted by Gasteiger charge is 2.23. The van der Waals surface area contributed by atoms with Crippen molar-refractivity contribution < 1.29 is 4.74 Å². The van der Waals surface area contributed by atoms with Crippen molar-refractivity contribution in [2.24, 2.45) is 11.8 Å². The Hall–Kier alpha value is -1.09. The van der Waals surface area contributed by atoms with Crippen LogP contribution in [0.3, 0.4) is 0 Å². The first-order valence-corrected chi connectivity index (χ1v) is 8.39. The summed E-state index contributed by atoms with van der Waals surface area (Å²) >= 11 is 0. The maximum absolute atomic E-state index is 6.18. The van der Waals surface area contributed by atoms with Crippen LogP contribution in [0.4, 0.5) is 0 Å². The molecule has 1 aromatic heterocycles. The molecule has 21 heavy (non-hydrogen) atoms. The van der Waals surface area contributed by atoms with Crippen molar-refractivity contribution >= 4 is 0 Å². The van der Waals surface area contributed by atoms with Gasteiger partial charge in [-0.15, -0.1) is 0 Å². The van der Waals surface area contributed by atoms with Gasteiger partial charge >= 0.3 is 0 Å². The Labute approximate surface area is 129 Å². The molecule has 0 aliphatic heterocycles. The van der Waals surface area contributed by atoms with Crippen LogP contribution in [-0.4, -0.2) is 17.6 Å². The largest absolute Gasteiger partial charge is 0.474 e. The Kier molecular flexibility index (Phi) is 6.04. The quantitative estimate of drug-likeness (QED) is 0.856. The first-order chi connectivity index (χ1) is 10.0. The molecule has 2 atom stereocenters. The van der Waals surface area contributed by atoms with Crippen LogP contribution in [0.2, 0.25) is 0 Å². The molecule has 0 aromatic carbocycles. The number of hydrogen-bond acceptors (Lipinski definition) is 3. The van der Waals surface area contributed by atoms with Gasteiger partial charge in [0.05, 0.1) is 0 Å². The van der Waals surface area contributed by atoms with Crippen LogP contribution in [0.25, 0.3) is 0 Å². The molecule has 3 heteroatoms. The molecule has 0 saturated heterocycles. The summed E-state index contributed by atoms with van der Waals surface area (Å²) in [5.41, 5.74) is 2.30. The van der Waals surface area contributed by atoms with E-state index in [1.54, 1.807) is 0 Å². The summed E-state index contributed by atoms with van der Waals surface area (Å²) < 4.78 is 6.18. The van der Waals surface area contributed by atoms with Gasteiger partial charge in [0.15, 0.2) is 0 Å². The van der Waals surface area contributed by atoms with Gasteiger partial charge in [-0.25, -0.2) is 4.98 Å². The topological polar surface area (TPSA) is 34.1 Å². The Balaban J connectivity index is 1.97. The van der Waals surface area contributed by atoms with Crippen LogP contribution in [0.15, 0.2) is 12.1 Å². The Morgan fingerprint density at radius 3 is 2.76 bits per heavy atom. The molecule has 1 aromatic rings. The van der Waals surface area contributed by atoms with E-state index in [1.165, 1.54) is 24.8 Å². The summed E-state index contributed by atoms with van der Waals surface area (Å²) in [5.74, 6) is 2.12. The third kappa shape index (κ3) is 5.31. The second kappa shape index (κ2) is 7.79. The van der Waals surface area contributed by atoms with Crippen LogP contribution in [-0.2, 0) is 6.54 Å². The second-order valence-corrected chi connectivity index (χ2v) is 6.90. The van der Waals surface area contributed by atoms with E-state index in [0.717, 1.165) is 31.1 Å². The summed E-state index contributed by atoms with van der Waals surface area (Å²) in [5, 5.41) is 3.48. The van der Waals surface area contributed by atoms with Crippen LogP contribution >= 0.6 is 0 Å². The normalized spacial score (nSPS) is 22.5. The van der Waals surface area contributed by atoms with Gasteiger partial charge in [-0.05, 0) is 56.2 Å². The Morgan fingerprint density at radius 1 is 1.29 bits per heavy atom. The molecule has 1 N–H and O–H groups in total. The molecule has 0 radical (unpaired) electrons. The standard InChI is InChI=1S/C18H30N2O/c1-13(2)11-19-12-16-9-15(4)20-18(10-16)21-17-8-6-5-7-14(17)3/h9-10,13-14,17,19H,5-8,11-12H2,1-4H3. The van der Waals surface area contributed by atoms with E-state index >= 15 is 0 Å². The molecule has 1 aliphatic carbocycles. The minimum absolute atomic E-state index is 0.338. The van der Waals surface area contributed by atoms with E-state index in [4.69, 9.17) is 4.74 Å². The fourth-order valence-corrected chi connectivity index (χ4v) is 2.99. The van der Waals surface area contributed by atoms with Crippen LogP contribution in [0.1, 0.15) is 57.7 Å². The van der Waals surface area contributed by atoms with Gasteiger partial charge in [-0.1, -0.05) is 27.2 Å². The fourth-order valence-electron chi connectivity index (χ4n) is 2.99. The van der Waals surface area contributed by atoms with Gasteiger partial charge in [0, 0.05) is 18.3 Å². The molecular formula is C18H30N2O. The van der Waals surface area contributed by atoms with Gasteiger partial charge in [0.25, 0.3) is 0 Å². The molecule has 2 unspecified atom stereocenters. The zero-order chi connectivity index (χ0) is 15.2. The van der Waals surface area contributed by atoms with Crippen LogP contribution < -0.4 is 10.1 Å².